The van der Waals surface area contributed by atoms with Gasteiger partial charge >= 0.3 is 0 Å². The minimum Gasteiger partial charge on any atom is -0.508 e. The third-order valence-electron chi connectivity index (χ3n) is 6.99. The number of pyridine rings is 1. The fraction of sp³-hybridized carbons (Fsp3) is 0.424. The summed E-state index contributed by atoms with van der Waals surface area (Å²) in [6.07, 6.45) is 11.3. The number of nitrogen functional groups attached to an aromatic ring is 1. The van der Waals surface area contributed by atoms with Crippen molar-refractivity contribution in [2.75, 3.05) is 12.3 Å². The summed E-state index contributed by atoms with van der Waals surface area (Å²) in [4.78, 5) is 30.2. The van der Waals surface area contributed by atoms with Gasteiger partial charge in [0.2, 0.25) is 0 Å². The maximum absolute atomic E-state index is 12.5. The van der Waals surface area contributed by atoms with E-state index < -0.39 is 36.4 Å². The first-order valence-corrected chi connectivity index (χ1v) is 15.1. The minimum absolute atomic E-state index is 0.0441. The molecule has 0 radical (unpaired) electrons. The number of nitrogens with two attached hydrogens (primary N) is 1. The molecule has 46 heavy (non-hydrogen) atoms. The number of carbonyl (C=O) groups is 2. The van der Waals surface area contributed by atoms with E-state index in [1.165, 1.54) is 23.7 Å². The number of carbonyl (C=O) groups excluding carboxylic acids is 1. The van der Waals surface area contributed by atoms with Crippen LogP contribution in [-0.4, -0.2) is 75.2 Å². The smallest absolute Gasteiger partial charge is 0.290 e. The number of allylic oxidation sites excluding steroid dienone is 1. The summed E-state index contributed by atoms with van der Waals surface area (Å²) in [7, 11) is 0. The van der Waals surface area contributed by atoms with Crippen molar-refractivity contribution in [3.8, 4) is 23.5 Å². The van der Waals surface area contributed by atoms with Crippen LogP contribution in [0.5, 0.6) is 0 Å². The zero-order valence-electron chi connectivity index (χ0n) is 26.9. The Kier molecular flexibility index (Phi) is 16.5. The molecule has 8 N–H and O–H groups in total. The summed E-state index contributed by atoms with van der Waals surface area (Å²) in [6, 6.07) is 3.21. The van der Waals surface area contributed by atoms with Crippen LogP contribution >= 0.6 is 0 Å². The number of fused-ring (bicyclic) bond motifs is 1. The molecule has 4 rings (SSSR count). The second-order valence-corrected chi connectivity index (χ2v) is 9.64. The average Bonchev–Trinajstić information content (AvgIpc) is 3.53. The van der Waals surface area contributed by atoms with Crippen molar-refractivity contribution in [2.45, 2.75) is 85.2 Å². The lowest BCUT2D eigenvalue weighted by atomic mass is 9.84. The van der Waals surface area contributed by atoms with Gasteiger partial charge in [-0.3, -0.25) is 14.6 Å². The summed E-state index contributed by atoms with van der Waals surface area (Å²) in [6.45, 7) is 8.41. The lowest BCUT2D eigenvalue weighted by Crippen LogP contribution is -2.17. The molecule has 1 aliphatic rings. The standard InChI is InChI=1S/C28H31N5O6.2C2H6.CH2O2/c1-3-21(36)26(39)18(11-22(37)23(38)14-34)20-10-9-17(12-30-20)19-13-31-33-27(29)24(15(2)35)25(32-28(19)33)16-7-5-4-6-8-16;2*1-2;2-1-3/h1,9-10,12-13,16,21,34,36-39H,4-8,11,14,29H2,2H3;2*1-2H3;1H,(H,2,3)/b23-22-,26-18-;;;. The topological polar surface area (TPSA) is 225 Å². The van der Waals surface area contributed by atoms with E-state index in [2.05, 4.69) is 10.1 Å². The van der Waals surface area contributed by atoms with Crippen molar-refractivity contribution in [1.82, 2.24) is 19.6 Å². The second kappa shape index (κ2) is 19.5. The van der Waals surface area contributed by atoms with Crippen LogP contribution in [-0.2, 0) is 4.79 Å². The van der Waals surface area contributed by atoms with E-state index in [-0.39, 0.29) is 35.3 Å². The van der Waals surface area contributed by atoms with Crippen molar-refractivity contribution >= 4 is 29.3 Å². The van der Waals surface area contributed by atoms with Crippen LogP contribution in [0.3, 0.4) is 0 Å². The Bertz CT molecular complexity index is 1550. The van der Waals surface area contributed by atoms with Gasteiger partial charge in [0, 0.05) is 35.2 Å². The van der Waals surface area contributed by atoms with Gasteiger partial charge in [0.25, 0.3) is 6.47 Å². The van der Waals surface area contributed by atoms with Crippen molar-refractivity contribution in [3.63, 3.8) is 0 Å². The summed E-state index contributed by atoms with van der Waals surface area (Å²) < 4.78 is 1.44. The molecule has 1 unspecified atom stereocenters. The third-order valence-corrected chi connectivity index (χ3v) is 6.99. The maximum atomic E-state index is 12.5. The highest BCUT2D eigenvalue weighted by Crippen LogP contribution is 2.37. The van der Waals surface area contributed by atoms with Crippen molar-refractivity contribution in [2.24, 2.45) is 0 Å². The van der Waals surface area contributed by atoms with E-state index in [1.807, 2.05) is 33.6 Å². The number of ketones is 1. The summed E-state index contributed by atoms with van der Waals surface area (Å²) in [5, 5.41) is 60.6. The Balaban J connectivity index is 0.00000140. The van der Waals surface area contributed by atoms with Crippen LogP contribution in [0.15, 0.2) is 41.8 Å². The number of carboxylic acid groups (broad SMARTS) is 1. The fourth-order valence-corrected chi connectivity index (χ4v) is 4.92. The van der Waals surface area contributed by atoms with E-state index >= 15 is 0 Å². The second-order valence-electron chi connectivity index (χ2n) is 9.64. The molecule has 0 aliphatic heterocycles. The predicted molar refractivity (Wildman–Crippen MR) is 176 cm³/mol. The van der Waals surface area contributed by atoms with E-state index in [9.17, 15) is 25.2 Å². The molecule has 3 aromatic rings. The zero-order valence-corrected chi connectivity index (χ0v) is 26.9. The summed E-state index contributed by atoms with van der Waals surface area (Å²) >= 11 is 0. The van der Waals surface area contributed by atoms with Crippen molar-refractivity contribution < 1.29 is 40.2 Å². The fourth-order valence-electron chi connectivity index (χ4n) is 4.92. The normalized spacial score (nSPS) is 14.4. The van der Waals surface area contributed by atoms with Gasteiger partial charge < -0.3 is 36.4 Å². The van der Waals surface area contributed by atoms with Gasteiger partial charge in [-0.1, -0.05) is 58.9 Å². The highest BCUT2D eigenvalue weighted by molar-refractivity contribution is 6.00. The molecule has 0 saturated heterocycles. The van der Waals surface area contributed by atoms with Gasteiger partial charge in [-0.25, -0.2) is 4.98 Å². The summed E-state index contributed by atoms with van der Waals surface area (Å²) in [5.74, 6) is 0.243. The number of rotatable bonds is 8. The molecule has 1 saturated carbocycles. The van der Waals surface area contributed by atoms with Crippen LogP contribution < -0.4 is 5.73 Å². The van der Waals surface area contributed by atoms with E-state index in [0.717, 1.165) is 32.1 Å². The molecule has 0 spiro atoms. The van der Waals surface area contributed by atoms with Gasteiger partial charge in [-0.2, -0.15) is 9.61 Å². The Morgan fingerprint density at radius 3 is 2.22 bits per heavy atom. The Labute approximate surface area is 268 Å². The first kappa shape index (κ1) is 39.1. The Hall–Kier alpha value is -4.93. The lowest BCUT2D eigenvalue weighted by Gasteiger charge is -2.23. The highest BCUT2D eigenvalue weighted by Gasteiger charge is 2.27. The molecule has 13 heteroatoms. The number of hydrogen-bond acceptors (Lipinski definition) is 11. The molecule has 0 aromatic carbocycles. The molecular weight excluding hydrogens is 594 g/mol. The van der Waals surface area contributed by atoms with Crippen LogP contribution in [0.1, 0.15) is 101 Å². The molecule has 0 amide bonds. The van der Waals surface area contributed by atoms with Crippen LogP contribution in [0.2, 0.25) is 0 Å². The van der Waals surface area contributed by atoms with Gasteiger partial charge in [0.1, 0.15) is 23.9 Å². The number of Topliss-reactive ketones (excluding diaryl/α,β-unsaturated/α-hetero) is 1. The molecule has 1 aliphatic carbocycles. The number of aromatic nitrogens is 4. The number of aliphatic hydroxyl groups excluding tert-OH is 5. The van der Waals surface area contributed by atoms with Crippen molar-refractivity contribution in [3.05, 3.63) is 58.8 Å². The SMILES string of the molecule is C#CC(O)/C(O)=C(\C/C(O)=C(/O)CO)c1ccc(-c2cnn3c(N)c(C(C)=O)c(C4CCCCC4)nc23)cn1.CC.CC.O=CO. The summed E-state index contributed by atoms with van der Waals surface area (Å²) in [5.41, 5.74) is 9.32. The molecule has 3 aromatic heterocycles. The first-order valence-electron chi connectivity index (χ1n) is 15.1. The average molecular weight is 640 g/mol. The van der Waals surface area contributed by atoms with E-state index in [4.69, 9.17) is 32.1 Å². The van der Waals surface area contributed by atoms with Crippen LogP contribution in [0, 0.1) is 12.3 Å². The van der Waals surface area contributed by atoms with Crippen LogP contribution in [0.25, 0.3) is 22.3 Å². The molecular formula is C33H45N5O8. The van der Waals surface area contributed by atoms with Gasteiger partial charge in [-0.05, 0) is 25.8 Å². The minimum atomic E-state index is -1.67. The quantitative estimate of drug-likeness (QED) is 0.0717. The number of nitrogens with zero attached hydrogens (tertiary/aromatic N) is 4. The van der Waals surface area contributed by atoms with Gasteiger partial charge in [0.05, 0.1) is 23.1 Å². The molecule has 1 atom stereocenters. The molecule has 1 fully saturated rings. The maximum Gasteiger partial charge on any atom is 0.290 e. The molecule has 13 nitrogen and oxygen atoms in total. The third kappa shape index (κ3) is 9.29. The largest absolute Gasteiger partial charge is 0.508 e. The number of hydrogen-bond donors (Lipinski definition) is 7. The van der Waals surface area contributed by atoms with E-state index in [1.54, 1.807) is 12.3 Å². The number of aliphatic hydroxyl groups is 5. The first-order chi connectivity index (χ1) is 22.1. The Morgan fingerprint density at radius 2 is 1.72 bits per heavy atom. The molecule has 3 heterocycles. The Morgan fingerprint density at radius 1 is 1.11 bits per heavy atom. The number of anilines is 1. The lowest BCUT2D eigenvalue weighted by molar-refractivity contribution is -0.122. The predicted octanol–water partition coefficient (Wildman–Crippen LogP) is 5.35. The van der Waals surface area contributed by atoms with Gasteiger partial charge in [-0.15, -0.1) is 6.42 Å². The van der Waals surface area contributed by atoms with Crippen LogP contribution in [0.4, 0.5) is 5.82 Å². The van der Waals surface area contributed by atoms with Gasteiger partial charge in [0.15, 0.2) is 23.3 Å². The monoisotopic (exact) mass is 639 g/mol. The van der Waals surface area contributed by atoms with Crippen molar-refractivity contribution in [1.29, 1.82) is 0 Å². The number of terminal acetylenes is 1. The molecule has 250 valence electrons. The molecule has 0 bridgehead atoms. The zero-order chi connectivity index (χ0) is 35.0. The van der Waals surface area contributed by atoms with E-state index in [0.29, 0.717) is 28.0 Å². The highest BCUT2D eigenvalue weighted by atomic mass is 16.3.